The third kappa shape index (κ3) is 3.58. The molecule has 4 heteroatoms. The van der Waals surface area contributed by atoms with E-state index < -0.39 is 11.2 Å². The molecule has 74 valence electrons. The zero-order chi connectivity index (χ0) is 10.4. The van der Waals surface area contributed by atoms with Crippen molar-refractivity contribution >= 4 is 22.8 Å². The molecule has 0 unspecified atom stereocenters. The predicted molar refractivity (Wildman–Crippen MR) is 52.0 cm³/mol. The molecule has 0 radical (unpaired) electrons. The van der Waals surface area contributed by atoms with Crippen molar-refractivity contribution in [3.63, 3.8) is 0 Å². The van der Waals surface area contributed by atoms with Crippen molar-refractivity contribution < 1.29 is 14.3 Å². The molecule has 0 aliphatic rings. The number of hydrogen-bond donors (Lipinski definition) is 0. The second-order valence-electron chi connectivity index (χ2n) is 2.65. The number of rotatable bonds is 4. The van der Waals surface area contributed by atoms with Crippen LogP contribution in [0.15, 0.2) is 30.3 Å². The van der Waals surface area contributed by atoms with Crippen LogP contribution in [0.5, 0.6) is 0 Å². The number of esters is 1. The monoisotopic (exact) mass is 212 g/mol. The van der Waals surface area contributed by atoms with Gasteiger partial charge in [-0.1, -0.05) is 30.3 Å². The average molecular weight is 213 g/mol. The maximum Gasteiger partial charge on any atom is 0.391 e. The van der Waals surface area contributed by atoms with Gasteiger partial charge in [-0.05, 0) is 17.2 Å². The Morgan fingerprint density at radius 2 is 1.86 bits per heavy atom. The van der Waals surface area contributed by atoms with Gasteiger partial charge in [-0.3, -0.25) is 4.79 Å². The van der Waals surface area contributed by atoms with Gasteiger partial charge in [-0.25, -0.2) is 4.79 Å². The molecule has 0 spiro atoms. The summed E-state index contributed by atoms with van der Waals surface area (Å²) < 4.78 is 4.59. The zero-order valence-electron chi connectivity index (χ0n) is 7.40. The van der Waals surface area contributed by atoms with E-state index in [0.717, 1.165) is 5.56 Å². The van der Waals surface area contributed by atoms with E-state index in [-0.39, 0.29) is 6.61 Å². The molecule has 1 rings (SSSR count). The van der Waals surface area contributed by atoms with Crippen LogP contribution < -0.4 is 0 Å². The van der Waals surface area contributed by atoms with Crippen molar-refractivity contribution in [3.8, 4) is 0 Å². The van der Waals surface area contributed by atoms with Crippen molar-refractivity contribution in [2.24, 2.45) is 0 Å². The number of carbonyl (C=O) groups excluding carboxylic acids is 2. The number of benzene rings is 1. The highest BCUT2D eigenvalue weighted by Crippen LogP contribution is 1.99. The first-order valence-corrected chi connectivity index (χ1v) is 4.48. The Balaban J connectivity index is 2.29. The third-order valence-corrected chi connectivity index (χ3v) is 1.78. The maximum absolute atomic E-state index is 10.6. The third-order valence-electron chi connectivity index (χ3n) is 1.63. The number of hydrogen-bond acceptors (Lipinski definition) is 3. The summed E-state index contributed by atoms with van der Waals surface area (Å²) in [6.45, 7) is 0.168. The number of halogens is 1. The van der Waals surface area contributed by atoms with Gasteiger partial charge in [0.2, 0.25) is 0 Å². The van der Waals surface area contributed by atoms with Crippen LogP contribution in [0.25, 0.3) is 0 Å². The Labute approximate surface area is 86.6 Å². The van der Waals surface area contributed by atoms with Crippen LogP contribution in [0.2, 0.25) is 0 Å². The van der Waals surface area contributed by atoms with Crippen molar-refractivity contribution in [2.75, 3.05) is 6.61 Å². The van der Waals surface area contributed by atoms with Crippen LogP contribution in [0.3, 0.4) is 0 Å². The fraction of sp³-hybridized carbons (Fsp3) is 0.200. The molecule has 0 fully saturated rings. The topological polar surface area (TPSA) is 43.4 Å². The highest BCUT2D eigenvalue weighted by atomic mass is 35.5. The van der Waals surface area contributed by atoms with Crippen molar-refractivity contribution in [1.29, 1.82) is 0 Å². The van der Waals surface area contributed by atoms with Crippen LogP contribution in [0.1, 0.15) is 5.56 Å². The smallest absolute Gasteiger partial charge is 0.391 e. The summed E-state index contributed by atoms with van der Waals surface area (Å²) in [5.41, 5.74) is 1.04. The molecule has 3 nitrogen and oxygen atoms in total. The van der Waals surface area contributed by atoms with Gasteiger partial charge in [0.05, 0.1) is 6.61 Å². The molecule has 0 aliphatic carbocycles. The van der Waals surface area contributed by atoms with Crippen LogP contribution in [-0.4, -0.2) is 17.8 Å². The fourth-order valence-corrected chi connectivity index (χ4v) is 1.02. The van der Waals surface area contributed by atoms with Gasteiger partial charge in [-0.15, -0.1) is 0 Å². The van der Waals surface area contributed by atoms with Gasteiger partial charge in [-0.2, -0.15) is 0 Å². The highest BCUT2D eigenvalue weighted by molar-refractivity contribution is 6.80. The average Bonchev–Trinajstić information content (AvgIpc) is 2.19. The molecule has 0 saturated heterocycles. The Morgan fingerprint density at radius 3 is 2.43 bits per heavy atom. The fourth-order valence-electron chi connectivity index (χ4n) is 0.963. The van der Waals surface area contributed by atoms with Crippen LogP contribution in [0, 0.1) is 0 Å². The Morgan fingerprint density at radius 1 is 1.21 bits per heavy atom. The second-order valence-corrected chi connectivity index (χ2v) is 2.99. The van der Waals surface area contributed by atoms with Crippen molar-refractivity contribution in [3.05, 3.63) is 35.9 Å². The first-order valence-electron chi connectivity index (χ1n) is 4.10. The lowest BCUT2D eigenvalue weighted by Gasteiger charge is -2.01. The molecule has 0 bridgehead atoms. The van der Waals surface area contributed by atoms with Crippen LogP contribution in [-0.2, 0) is 20.7 Å². The molecule has 1 aromatic rings. The zero-order valence-corrected chi connectivity index (χ0v) is 8.16. The molecule has 0 atom stereocenters. The Kier molecular flexibility index (Phi) is 4.13. The molecule has 0 aliphatic heterocycles. The Hall–Kier alpha value is -1.35. The van der Waals surface area contributed by atoms with Crippen LogP contribution >= 0.6 is 11.6 Å². The van der Waals surface area contributed by atoms with Gasteiger partial charge in [0.15, 0.2) is 0 Å². The highest BCUT2D eigenvalue weighted by Gasteiger charge is 2.10. The summed E-state index contributed by atoms with van der Waals surface area (Å²) in [5.74, 6) is -0.998. The SMILES string of the molecule is O=C(Cl)C(=O)OCCc1ccccc1. The number of carbonyl (C=O) groups is 2. The molecule has 0 N–H and O–H groups in total. The first-order chi connectivity index (χ1) is 6.70. The molecule has 0 aromatic heterocycles. The minimum atomic E-state index is -1.09. The lowest BCUT2D eigenvalue weighted by atomic mass is 10.2. The van der Waals surface area contributed by atoms with E-state index in [1.165, 1.54) is 0 Å². The standard InChI is InChI=1S/C10H9ClO3/c11-9(12)10(13)14-7-6-8-4-2-1-3-5-8/h1-5H,6-7H2. The first kappa shape index (κ1) is 10.7. The lowest BCUT2D eigenvalue weighted by molar-refractivity contribution is -0.150. The van der Waals surface area contributed by atoms with Gasteiger partial charge in [0.1, 0.15) is 0 Å². The minimum absolute atomic E-state index is 0.168. The molecule has 0 saturated carbocycles. The predicted octanol–water partition coefficient (Wildman–Crippen LogP) is 1.54. The van der Waals surface area contributed by atoms with E-state index >= 15 is 0 Å². The molecule has 0 amide bonds. The molecule has 1 aromatic carbocycles. The summed E-state index contributed by atoms with van der Waals surface area (Å²) in [5, 5.41) is -1.09. The van der Waals surface area contributed by atoms with Gasteiger partial charge in [0, 0.05) is 6.42 Å². The number of ether oxygens (including phenoxy) is 1. The van der Waals surface area contributed by atoms with E-state index in [0.29, 0.717) is 6.42 Å². The Bertz CT molecular complexity index is 321. The lowest BCUT2D eigenvalue weighted by Crippen LogP contribution is -2.13. The maximum atomic E-state index is 10.6. The van der Waals surface area contributed by atoms with Gasteiger partial charge < -0.3 is 4.74 Å². The van der Waals surface area contributed by atoms with Gasteiger partial charge in [0.25, 0.3) is 0 Å². The van der Waals surface area contributed by atoms with Crippen molar-refractivity contribution in [2.45, 2.75) is 6.42 Å². The molecule has 14 heavy (non-hydrogen) atoms. The molecular formula is C10H9ClO3. The molecular weight excluding hydrogens is 204 g/mol. The van der Waals surface area contributed by atoms with E-state index in [1.807, 2.05) is 30.3 Å². The summed E-state index contributed by atoms with van der Waals surface area (Å²) in [6.07, 6.45) is 0.580. The quantitative estimate of drug-likeness (QED) is 0.432. The van der Waals surface area contributed by atoms with E-state index in [4.69, 9.17) is 11.6 Å². The second kappa shape index (κ2) is 5.40. The van der Waals surface area contributed by atoms with Crippen molar-refractivity contribution in [1.82, 2.24) is 0 Å². The summed E-state index contributed by atoms with van der Waals surface area (Å²) in [6, 6.07) is 9.51. The molecule has 0 heterocycles. The van der Waals surface area contributed by atoms with E-state index in [1.54, 1.807) is 0 Å². The summed E-state index contributed by atoms with van der Waals surface area (Å²) in [7, 11) is 0. The summed E-state index contributed by atoms with van der Waals surface area (Å²) >= 11 is 4.90. The van der Waals surface area contributed by atoms with Crippen LogP contribution in [0.4, 0.5) is 0 Å². The normalized spacial score (nSPS) is 9.50. The van der Waals surface area contributed by atoms with Gasteiger partial charge >= 0.3 is 11.2 Å². The van der Waals surface area contributed by atoms with E-state index in [9.17, 15) is 9.59 Å². The van der Waals surface area contributed by atoms with E-state index in [2.05, 4.69) is 4.74 Å². The largest absolute Gasteiger partial charge is 0.459 e. The summed E-state index contributed by atoms with van der Waals surface area (Å²) in [4.78, 5) is 20.9. The minimum Gasteiger partial charge on any atom is -0.459 e.